The van der Waals surface area contributed by atoms with Crippen LogP contribution in [0.4, 0.5) is 0 Å². The molecule has 2 heteroatoms. The third kappa shape index (κ3) is 3.29. The van der Waals surface area contributed by atoms with Gasteiger partial charge in [-0.1, -0.05) is 60.7 Å². The van der Waals surface area contributed by atoms with E-state index in [9.17, 15) is 5.11 Å². The molecule has 1 heterocycles. The maximum absolute atomic E-state index is 10.4. The van der Waals surface area contributed by atoms with Gasteiger partial charge >= 0.3 is 0 Å². The van der Waals surface area contributed by atoms with Gasteiger partial charge in [0.05, 0.1) is 5.60 Å². The summed E-state index contributed by atoms with van der Waals surface area (Å²) in [5.41, 5.74) is 2.98. The molecule has 1 N–H and O–H groups in total. The molecule has 0 aliphatic heterocycles. The van der Waals surface area contributed by atoms with Gasteiger partial charge in [-0.3, -0.25) is 0 Å². The molecule has 0 saturated heterocycles. The number of thiophene rings is 1. The molecule has 0 saturated carbocycles. The Kier molecular flexibility index (Phi) is 4.14. The van der Waals surface area contributed by atoms with Crippen molar-refractivity contribution in [2.24, 2.45) is 0 Å². The molecule has 0 amide bonds. The van der Waals surface area contributed by atoms with Gasteiger partial charge in [0.2, 0.25) is 0 Å². The first kappa shape index (κ1) is 15.0. The molecular formula is C20H20OS. The average Bonchev–Trinajstić information content (AvgIpc) is 2.93. The molecule has 0 aliphatic rings. The van der Waals surface area contributed by atoms with Crippen LogP contribution in [0.25, 0.3) is 10.4 Å². The molecule has 0 fully saturated rings. The van der Waals surface area contributed by atoms with E-state index >= 15 is 0 Å². The van der Waals surface area contributed by atoms with E-state index in [1.54, 1.807) is 11.3 Å². The molecule has 3 rings (SSSR count). The van der Waals surface area contributed by atoms with Gasteiger partial charge in [-0.15, -0.1) is 11.3 Å². The van der Waals surface area contributed by atoms with Gasteiger partial charge in [-0.2, -0.15) is 0 Å². The largest absolute Gasteiger partial charge is 0.385 e. The lowest BCUT2D eigenvalue weighted by Crippen LogP contribution is -2.12. The van der Waals surface area contributed by atoms with Crippen LogP contribution in [-0.2, 0) is 12.0 Å². The van der Waals surface area contributed by atoms with Gasteiger partial charge in [-0.05, 0) is 43.0 Å². The van der Waals surface area contributed by atoms with Crippen molar-refractivity contribution in [1.29, 1.82) is 0 Å². The lowest BCUT2D eigenvalue weighted by atomic mass is 10.00. The Bertz CT molecular complexity index is 736. The molecule has 112 valence electrons. The maximum atomic E-state index is 10.4. The number of benzene rings is 2. The zero-order chi connectivity index (χ0) is 15.6. The van der Waals surface area contributed by atoms with Gasteiger partial charge in [0.25, 0.3) is 0 Å². The first-order chi connectivity index (χ1) is 10.5. The second kappa shape index (κ2) is 6.07. The quantitative estimate of drug-likeness (QED) is 0.699. The summed E-state index contributed by atoms with van der Waals surface area (Å²) in [6.07, 6.45) is 0.887. The van der Waals surface area contributed by atoms with Crippen LogP contribution >= 0.6 is 11.3 Å². The highest BCUT2D eigenvalue weighted by Crippen LogP contribution is 2.38. The highest BCUT2D eigenvalue weighted by Gasteiger charge is 2.22. The fourth-order valence-corrected chi connectivity index (χ4v) is 3.70. The molecule has 2 aromatic carbocycles. The Morgan fingerprint density at radius 3 is 2.09 bits per heavy atom. The van der Waals surface area contributed by atoms with Crippen LogP contribution < -0.4 is 0 Å². The minimum absolute atomic E-state index is 0.802. The zero-order valence-electron chi connectivity index (χ0n) is 12.9. The predicted molar refractivity (Wildman–Crippen MR) is 94.2 cm³/mol. The number of rotatable bonds is 4. The van der Waals surface area contributed by atoms with Crippen LogP contribution in [0.15, 0.2) is 66.7 Å². The maximum Gasteiger partial charge on any atom is 0.0932 e. The summed E-state index contributed by atoms with van der Waals surface area (Å²) in [5.74, 6) is 0. The van der Waals surface area contributed by atoms with Crippen LogP contribution in [-0.4, -0.2) is 5.11 Å². The first-order valence-corrected chi connectivity index (χ1v) is 8.30. The van der Waals surface area contributed by atoms with Crippen molar-refractivity contribution >= 4 is 11.3 Å². The minimum Gasteiger partial charge on any atom is -0.385 e. The standard InChI is InChI=1S/C20H20OS/c1-20(2,21)18-14-17(13-15-9-5-3-6-10-15)19(22-18)16-11-7-4-8-12-16/h3-12,14,21H,13H2,1-2H3. The van der Waals surface area contributed by atoms with Gasteiger partial charge in [0.1, 0.15) is 0 Å². The topological polar surface area (TPSA) is 20.2 Å². The van der Waals surface area contributed by atoms with Crippen molar-refractivity contribution in [3.8, 4) is 10.4 Å². The lowest BCUT2D eigenvalue weighted by molar-refractivity contribution is 0.0825. The molecule has 0 unspecified atom stereocenters. The molecule has 0 radical (unpaired) electrons. The highest BCUT2D eigenvalue weighted by atomic mass is 32.1. The monoisotopic (exact) mass is 308 g/mol. The van der Waals surface area contributed by atoms with Crippen molar-refractivity contribution in [1.82, 2.24) is 0 Å². The van der Waals surface area contributed by atoms with Crippen molar-refractivity contribution < 1.29 is 5.11 Å². The summed E-state index contributed by atoms with van der Waals surface area (Å²) in [7, 11) is 0. The molecule has 22 heavy (non-hydrogen) atoms. The van der Waals surface area contributed by atoms with Gasteiger partial charge < -0.3 is 5.11 Å². The lowest BCUT2D eigenvalue weighted by Gasteiger charge is -2.14. The number of aliphatic hydroxyl groups is 1. The Balaban J connectivity index is 2.05. The van der Waals surface area contributed by atoms with Crippen LogP contribution in [0.2, 0.25) is 0 Å². The van der Waals surface area contributed by atoms with Crippen LogP contribution in [0, 0.1) is 0 Å². The van der Waals surface area contributed by atoms with E-state index in [4.69, 9.17) is 0 Å². The number of hydrogen-bond donors (Lipinski definition) is 1. The highest BCUT2D eigenvalue weighted by molar-refractivity contribution is 7.15. The smallest absolute Gasteiger partial charge is 0.0932 e. The molecule has 0 bridgehead atoms. The average molecular weight is 308 g/mol. The van der Waals surface area contributed by atoms with E-state index in [1.165, 1.54) is 21.6 Å². The van der Waals surface area contributed by atoms with E-state index in [2.05, 4.69) is 54.6 Å². The van der Waals surface area contributed by atoms with Crippen LogP contribution in [0.5, 0.6) is 0 Å². The molecule has 0 aliphatic carbocycles. The molecule has 0 atom stereocenters. The third-order valence-corrected chi connectivity index (χ3v) is 5.22. The normalized spacial score (nSPS) is 11.6. The summed E-state index contributed by atoms with van der Waals surface area (Å²) in [5, 5.41) is 10.4. The molecule has 0 spiro atoms. The summed E-state index contributed by atoms with van der Waals surface area (Å²) in [6.45, 7) is 3.69. The van der Waals surface area contributed by atoms with Gasteiger partial charge in [0, 0.05) is 9.75 Å². The summed E-state index contributed by atoms with van der Waals surface area (Å²) < 4.78 is 0. The van der Waals surface area contributed by atoms with E-state index in [1.807, 2.05) is 26.0 Å². The second-order valence-corrected chi connectivity index (χ2v) is 7.10. The SMILES string of the molecule is CC(C)(O)c1cc(Cc2ccccc2)c(-c2ccccc2)s1. The Labute approximate surface area is 135 Å². The predicted octanol–water partition coefficient (Wildman–Crippen LogP) is 5.23. The minimum atomic E-state index is -0.802. The van der Waals surface area contributed by atoms with Crippen molar-refractivity contribution in [2.75, 3.05) is 0 Å². The van der Waals surface area contributed by atoms with Crippen molar-refractivity contribution in [2.45, 2.75) is 25.9 Å². The van der Waals surface area contributed by atoms with E-state index in [0.717, 1.165) is 11.3 Å². The van der Waals surface area contributed by atoms with Crippen LogP contribution in [0.1, 0.15) is 29.9 Å². The molecule has 3 aromatic rings. The molecule has 1 nitrogen and oxygen atoms in total. The Hall–Kier alpha value is -1.90. The van der Waals surface area contributed by atoms with E-state index in [0.29, 0.717) is 0 Å². The Morgan fingerprint density at radius 2 is 1.50 bits per heavy atom. The second-order valence-electron chi connectivity index (χ2n) is 6.05. The van der Waals surface area contributed by atoms with Crippen molar-refractivity contribution in [3.63, 3.8) is 0 Å². The summed E-state index contributed by atoms with van der Waals surface area (Å²) in [4.78, 5) is 2.26. The molecule has 1 aromatic heterocycles. The molecular weight excluding hydrogens is 288 g/mol. The summed E-state index contributed by atoms with van der Waals surface area (Å²) >= 11 is 1.69. The van der Waals surface area contributed by atoms with Crippen LogP contribution in [0.3, 0.4) is 0 Å². The summed E-state index contributed by atoms with van der Waals surface area (Å²) in [6, 6.07) is 23.1. The van der Waals surface area contributed by atoms with E-state index < -0.39 is 5.60 Å². The third-order valence-electron chi connectivity index (χ3n) is 3.69. The van der Waals surface area contributed by atoms with Gasteiger partial charge in [-0.25, -0.2) is 0 Å². The zero-order valence-corrected chi connectivity index (χ0v) is 13.7. The fourth-order valence-electron chi connectivity index (χ4n) is 2.51. The Morgan fingerprint density at radius 1 is 0.909 bits per heavy atom. The van der Waals surface area contributed by atoms with Gasteiger partial charge in [0.15, 0.2) is 0 Å². The van der Waals surface area contributed by atoms with E-state index in [-0.39, 0.29) is 0 Å². The first-order valence-electron chi connectivity index (χ1n) is 7.49. The number of hydrogen-bond acceptors (Lipinski definition) is 2. The fraction of sp³-hybridized carbons (Fsp3) is 0.200. The van der Waals surface area contributed by atoms with Crippen molar-refractivity contribution in [3.05, 3.63) is 82.7 Å².